The summed E-state index contributed by atoms with van der Waals surface area (Å²) in [5.41, 5.74) is 7.10. The molecule has 3 aromatic heterocycles. The molecule has 17 heavy (non-hydrogen) atoms. The maximum absolute atomic E-state index is 11.7. The van der Waals surface area contributed by atoms with Gasteiger partial charge in [-0.3, -0.25) is 4.79 Å². The van der Waals surface area contributed by atoms with Crippen LogP contribution in [0.25, 0.3) is 21.9 Å². The van der Waals surface area contributed by atoms with Gasteiger partial charge in [0.2, 0.25) is 0 Å². The molecule has 0 amide bonds. The number of aromatic amines is 1. The van der Waals surface area contributed by atoms with Crippen LogP contribution in [0, 0.1) is 6.92 Å². The zero-order chi connectivity index (χ0) is 12.2. The predicted octanol–water partition coefficient (Wildman–Crippen LogP) is -0.510. The Labute approximate surface area is 94.4 Å². The summed E-state index contributed by atoms with van der Waals surface area (Å²) in [6.45, 7) is 1.74. The molecule has 8 heteroatoms. The fourth-order valence-corrected chi connectivity index (χ4v) is 1.90. The molecule has 3 aromatic rings. The topological polar surface area (TPSA) is 115 Å². The average Bonchev–Trinajstić information content (AvgIpc) is 2.65. The van der Waals surface area contributed by atoms with Crippen LogP contribution in [0.4, 0.5) is 5.82 Å². The van der Waals surface area contributed by atoms with E-state index >= 15 is 0 Å². The number of pyridine rings is 1. The van der Waals surface area contributed by atoms with E-state index in [9.17, 15) is 4.79 Å². The summed E-state index contributed by atoms with van der Waals surface area (Å²) in [6.07, 6.45) is 0. The van der Waals surface area contributed by atoms with E-state index in [-0.39, 0.29) is 11.4 Å². The molecule has 0 aliphatic heterocycles. The monoisotopic (exact) mass is 231 g/mol. The van der Waals surface area contributed by atoms with Crippen LogP contribution in [-0.4, -0.2) is 30.2 Å². The largest absolute Gasteiger partial charge is 0.382 e. The van der Waals surface area contributed by atoms with Gasteiger partial charge < -0.3 is 5.73 Å². The summed E-state index contributed by atoms with van der Waals surface area (Å²) in [5, 5.41) is 14.8. The van der Waals surface area contributed by atoms with Gasteiger partial charge in [-0.15, -0.1) is 5.10 Å². The van der Waals surface area contributed by atoms with Crippen LogP contribution in [0.1, 0.15) is 5.69 Å². The highest BCUT2D eigenvalue weighted by Gasteiger charge is 2.16. The van der Waals surface area contributed by atoms with Crippen LogP contribution >= 0.6 is 0 Å². The van der Waals surface area contributed by atoms with Crippen molar-refractivity contribution in [3.63, 3.8) is 0 Å². The van der Waals surface area contributed by atoms with Gasteiger partial charge in [-0.2, -0.15) is 5.10 Å². The minimum Gasteiger partial charge on any atom is -0.382 e. The molecule has 0 bridgehead atoms. The second kappa shape index (κ2) is 3.00. The first-order chi connectivity index (χ1) is 8.09. The van der Waals surface area contributed by atoms with Crippen LogP contribution in [0.15, 0.2) is 4.79 Å². The smallest absolute Gasteiger partial charge is 0.274 e. The van der Waals surface area contributed by atoms with Crippen LogP contribution in [0.3, 0.4) is 0 Å². The molecule has 0 saturated carbocycles. The van der Waals surface area contributed by atoms with Crippen molar-refractivity contribution in [2.45, 2.75) is 6.92 Å². The van der Waals surface area contributed by atoms with E-state index in [1.807, 2.05) is 0 Å². The van der Waals surface area contributed by atoms with Crippen molar-refractivity contribution in [1.82, 2.24) is 30.2 Å². The third kappa shape index (κ3) is 1.14. The number of nitrogens with two attached hydrogens (primary N) is 1. The Kier molecular flexibility index (Phi) is 1.71. The first kappa shape index (κ1) is 9.70. The first-order valence-corrected chi connectivity index (χ1v) is 4.93. The van der Waals surface area contributed by atoms with Gasteiger partial charge in [-0.05, 0) is 6.92 Å². The molecule has 0 aliphatic carbocycles. The summed E-state index contributed by atoms with van der Waals surface area (Å²) < 4.78 is 1.53. The van der Waals surface area contributed by atoms with E-state index in [0.717, 1.165) is 0 Å². The maximum atomic E-state index is 11.7. The Hall–Kier alpha value is -2.51. The molecule has 3 rings (SSSR count). The number of hydrogen-bond acceptors (Lipinski definition) is 6. The number of anilines is 1. The molecular formula is C9H9N7O. The summed E-state index contributed by atoms with van der Waals surface area (Å²) in [7, 11) is 1.73. The second-order valence-corrected chi connectivity index (χ2v) is 3.77. The molecule has 0 unspecified atom stereocenters. The summed E-state index contributed by atoms with van der Waals surface area (Å²) in [5.74, 6) is 0.218. The highest BCUT2D eigenvalue weighted by Crippen LogP contribution is 2.24. The molecule has 0 aromatic carbocycles. The van der Waals surface area contributed by atoms with Gasteiger partial charge in [-0.1, -0.05) is 5.21 Å². The van der Waals surface area contributed by atoms with Gasteiger partial charge in [-0.25, -0.2) is 14.8 Å². The van der Waals surface area contributed by atoms with E-state index in [0.29, 0.717) is 27.6 Å². The van der Waals surface area contributed by atoms with E-state index in [2.05, 4.69) is 25.5 Å². The zero-order valence-electron chi connectivity index (χ0n) is 9.22. The van der Waals surface area contributed by atoms with Crippen molar-refractivity contribution >= 4 is 27.8 Å². The Balaban J connectivity index is 2.75. The highest BCUT2D eigenvalue weighted by atomic mass is 16.1. The lowest BCUT2D eigenvalue weighted by molar-refractivity contribution is 0.729. The number of aryl methyl sites for hydroxylation is 2. The van der Waals surface area contributed by atoms with E-state index in [1.165, 1.54) is 4.68 Å². The summed E-state index contributed by atoms with van der Waals surface area (Å²) in [4.78, 5) is 16.0. The fraction of sp³-hybridized carbons (Fsp3) is 0.222. The van der Waals surface area contributed by atoms with Gasteiger partial charge in [0.1, 0.15) is 5.52 Å². The number of nitrogens with zero attached hydrogens (tertiary/aromatic N) is 5. The third-order valence-corrected chi connectivity index (χ3v) is 2.68. The predicted molar refractivity (Wildman–Crippen MR) is 61.4 cm³/mol. The molecule has 8 nitrogen and oxygen atoms in total. The van der Waals surface area contributed by atoms with Gasteiger partial charge in [0.05, 0.1) is 16.5 Å². The van der Waals surface area contributed by atoms with Gasteiger partial charge in [0.25, 0.3) is 5.56 Å². The van der Waals surface area contributed by atoms with Crippen molar-refractivity contribution in [1.29, 1.82) is 0 Å². The first-order valence-electron chi connectivity index (χ1n) is 4.93. The highest BCUT2D eigenvalue weighted by molar-refractivity contribution is 6.08. The molecular weight excluding hydrogens is 222 g/mol. The number of fused-ring (bicyclic) bond motifs is 3. The van der Waals surface area contributed by atoms with Crippen molar-refractivity contribution < 1.29 is 0 Å². The molecule has 0 atom stereocenters. The molecule has 3 heterocycles. The van der Waals surface area contributed by atoms with Crippen LogP contribution in [-0.2, 0) is 7.05 Å². The van der Waals surface area contributed by atoms with Crippen molar-refractivity contribution in [2.75, 3.05) is 5.73 Å². The van der Waals surface area contributed by atoms with Gasteiger partial charge in [0.15, 0.2) is 11.5 Å². The van der Waals surface area contributed by atoms with E-state index in [4.69, 9.17) is 5.73 Å². The zero-order valence-corrected chi connectivity index (χ0v) is 9.22. The Morgan fingerprint density at radius 3 is 2.88 bits per heavy atom. The van der Waals surface area contributed by atoms with Gasteiger partial charge >= 0.3 is 0 Å². The van der Waals surface area contributed by atoms with Crippen LogP contribution in [0.5, 0.6) is 0 Å². The molecule has 3 N–H and O–H groups in total. The van der Waals surface area contributed by atoms with Crippen molar-refractivity contribution in [3.8, 4) is 0 Å². The lowest BCUT2D eigenvalue weighted by atomic mass is 10.1. The molecule has 0 spiro atoms. The number of H-pyrrole nitrogens is 1. The third-order valence-electron chi connectivity index (χ3n) is 2.68. The maximum Gasteiger partial charge on any atom is 0.274 e. The fourth-order valence-electron chi connectivity index (χ4n) is 1.90. The summed E-state index contributed by atoms with van der Waals surface area (Å²) >= 11 is 0. The SMILES string of the molecule is Cc1nc2c(nnn2C)c2c(N)n[nH]c(=O)c12. The molecule has 0 aliphatic rings. The molecule has 0 fully saturated rings. The Morgan fingerprint density at radius 2 is 2.12 bits per heavy atom. The van der Waals surface area contributed by atoms with Crippen molar-refractivity contribution in [2.24, 2.45) is 7.05 Å². The van der Waals surface area contributed by atoms with Crippen LogP contribution < -0.4 is 11.3 Å². The molecule has 0 saturated heterocycles. The van der Waals surface area contributed by atoms with E-state index < -0.39 is 0 Å². The minimum absolute atomic E-state index is 0.218. The number of rotatable bonds is 0. The quantitative estimate of drug-likeness (QED) is 0.538. The normalized spacial score (nSPS) is 11.4. The second-order valence-electron chi connectivity index (χ2n) is 3.77. The summed E-state index contributed by atoms with van der Waals surface area (Å²) in [6, 6.07) is 0. The lowest BCUT2D eigenvalue weighted by Gasteiger charge is -2.03. The van der Waals surface area contributed by atoms with Gasteiger partial charge in [0, 0.05) is 7.05 Å². The number of nitrogens with one attached hydrogen (secondary N) is 1. The van der Waals surface area contributed by atoms with E-state index in [1.54, 1.807) is 14.0 Å². The number of nitrogen functional groups attached to an aromatic ring is 1. The van der Waals surface area contributed by atoms with Crippen LogP contribution in [0.2, 0.25) is 0 Å². The lowest BCUT2D eigenvalue weighted by Crippen LogP contribution is -2.13. The standard InChI is InChI=1S/C9H9N7O/c1-3-4-5(7(10)13-14-9(4)17)6-8(11-3)16(2)15-12-6/h1-2H3,(H2,10,13)(H,14,17). The van der Waals surface area contributed by atoms with Crippen molar-refractivity contribution in [3.05, 3.63) is 16.0 Å². The minimum atomic E-state index is -0.327. The number of aromatic nitrogens is 6. The molecule has 0 radical (unpaired) electrons. The average molecular weight is 231 g/mol. The number of hydrogen-bond donors (Lipinski definition) is 2. The Morgan fingerprint density at radius 1 is 1.35 bits per heavy atom. The Bertz CT molecular complexity index is 800. The molecule has 86 valence electrons.